The number of thioether (sulfide) groups is 1. The third-order valence-electron chi connectivity index (χ3n) is 3.78. The van der Waals surface area contributed by atoms with Crippen LogP contribution in [-0.2, 0) is 15.3 Å². The number of carboxylic acids is 1. The van der Waals surface area contributed by atoms with Crippen LogP contribution in [0.3, 0.4) is 0 Å². The number of benzene rings is 1. The molecule has 1 aromatic rings. The zero-order valence-electron chi connectivity index (χ0n) is 12.6. The van der Waals surface area contributed by atoms with E-state index >= 15 is 0 Å². The van der Waals surface area contributed by atoms with Crippen molar-refractivity contribution in [1.82, 2.24) is 5.32 Å². The molecule has 0 spiro atoms. The molecule has 0 unspecified atom stereocenters. The predicted octanol–water partition coefficient (Wildman–Crippen LogP) is 2.93. The third-order valence-corrected chi connectivity index (χ3v) is 4.78. The Kier molecular flexibility index (Phi) is 7.29. The molecule has 0 aromatic heterocycles. The van der Waals surface area contributed by atoms with E-state index in [1.54, 1.807) is 0 Å². The van der Waals surface area contributed by atoms with Crippen molar-refractivity contribution >= 4 is 23.6 Å². The molecule has 0 saturated heterocycles. The average molecular weight is 309 g/mol. The summed E-state index contributed by atoms with van der Waals surface area (Å²) >= 11 is 1.53. The summed E-state index contributed by atoms with van der Waals surface area (Å²) in [6.45, 7) is 3.88. The number of carboxylic acid groups (broad SMARTS) is 1. The first-order chi connectivity index (χ1) is 10.0. The zero-order chi connectivity index (χ0) is 15.7. The Morgan fingerprint density at radius 3 is 2.33 bits per heavy atom. The van der Waals surface area contributed by atoms with E-state index in [4.69, 9.17) is 0 Å². The maximum atomic E-state index is 11.8. The maximum absolute atomic E-state index is 11.8. The summed E-state index contributed by atoms with van der Waals surface area (Å²) in [5.41, 5.74) is 0.331. The minimum Gasteiger partial charge on any atom is -0.481 e. The van der Waals surface area contributed by atoms with Gasteiger partial charge in [-0.3, -0.25) is 9.59 Å². The molecule has 0 radical (unpaired) electrons. The van der Waals surface area contributed by atoms with Gasteiger partial charge in [0.1, 0.15) is 0 Å². The quantitative estimate of drug-likeness (QED) is 0.736. The second kappa shape index (κ2) is 8.72. The number of rotatable bonds is 9. The van der Waals surface area contributed by atoms with Crippen molar-refractivity contribution in [1.29, 1.82) is 0 Å². The van der Waals surface area contributed by atoms with Crippen LogP contribution in [0.2, 0.25) is 0 Å². The van der Waals surface area contributed by atoms with Gasteiger partial charge < -0.3 is 10.4 Å². The van der Waals surface area contributed by atoms with Crippen LogP contribution in [0, 0.1) is 5.41 Å². The lowest BCUT2D eigenvalue weighted by atomic mass is 9.82. The summed E-state index contributed by atoms with van der Waals surface area (Å²) in [7, 11) is 0. The lowest BCUT2D eigenvalue weighted by Gasteiger charge is -2.26. The number of carbonyl (C=O) groups is 2. The molecule has 5 heteroatoms. The van der Waals surface area contributed by atoms with Crippen molar-refractivity contribution in [3.8, 4) is 0 Å². The molecule has 116 valence electrons. The fourth-order valence-electron chi connectivity index (χ4n) is 2.03. The van der Waals surface area contributed by atoms with E-state index in [2.05, 4.69) is 5.32 Å². The molecule has 2 N–H and O–H groups in total. The Balaban J connectivity index is 2.35. The van der Waals surface area contributed by atoms with E-state index in [0.29, 0.717) is 18.6 Å². The number of amides is 1. The molecule has 4 nitrogen and oxygen atoms in total. The van der Waals surface area contributed by atoms with Crippen molar-refractivity contribution in [2.45, 2.75) is 32.4 Å². The molecule has 1 aromatic carbocycles. The first-order valence-corrected chi connectivity index (χ1v) is 8.31. The molecule has 0 fully saturated rings. The minimum atomic E-state index is -0.847. The fourth-order valence-corrected chi connectivity index (χ4v) is 2.85. The average Bonchev–Trinajstić information content (AvgIpc) is 2.49. The van der Waals surface area contributed by atoms with E-state index in [1.165, 1.54) is 17.3 Å². The highest BCUT2D eigenvalue weighted by Gasteiger charge is 2.34. The van der Waals surface area contributed by atoms with Gasteiger partial charge in [-0.05, 0) is 18.4 Å². The Morgan fingerprint density at radius 2 is 1.81 bits per heavy atom. The minimum absolute atomic E-state index is 0.108. The second-order valence-electron chi connectivity index (χ2n) is 5.05. The van der Waals surface area contributed by atoms with Gasteiger partial charge in [-0.2, -0.15) is 0 Å². The Bertz CT molecular complexity index is 458. The first-order valence-electron chi connectivity index (χ1n) is 7.16. The highest BCUT2D eigenvalue weighted by Crippen LogP contribution is 2.25. The van der Waals surface area contributed by atoms with Gasteiger partial charge >= 0.3 is 5.97 Å². The van der Waals surface area contributed by atoms with Crippen LogP contribution in [0.25, 0.3) is 0 Å². The van der Waals surface area contributed by atoms with Crippen molar-refractivity contribution in [3.63, 3.8) is 0 Å². The molecule has 0 saturated carbocycles. The smallest absolute Gasteiger partial charge is 0.311 e. The van der Waals surface area contributed by atoms with Crippen molar-refractivity contribution < 1.29 is 14.7 Å². The van der Waals surface area contributed by atoms with Crippen LogP contribution in [0.5, 0.6) is 0 Å². The molecule has 0 aliphatic rings. The summed E-state index contributed by atoms with van der Waals surface area (Å²) in [4.78, 5) is 23.1. The van der Waals surface area contributed by atoms with E-state index < -0.39 is 11.4 Å². The van der Waals surface area contributed by atoms with E-state index in [9.17, 15) is 14.7 Å². The van der Waals surface area contributed by atoms with Crippen molar-refractivity contribution in [3.05, 3.63) is 35.9 Å². The lowest BCUT2D eigenvalue weighted by molar-refractivity contribution is -0.149. The standard InChI is InChI=1S/C16H23NO3S/c1-3-16(4-2,15(19)20)12-17-14(18)11-21-10-13-8-6-5-7-9-13/h5-9H,3-4,10-12H2,1-2H3,(H,17,18)(H,19,20). The molecule has 0 aliphatic carbocycles. The van der Waals surface area contributed by atoms with Crippen LogP contribution >= 0.6 is 11.8 Å². The van der Waals surface area contributed by atoms with Gasteiger partial charge in [-0.15, -0.1) is 11.8 Å². The maximum Gasteiger partial charge on any atom is 0.311 e. The highest BCUT2D eigenvalue weighted by atomic mass is 32.2. The van der Waals surface area contributed by atoms with Crippen LogP contribution < -0.4 is 5.32 Å². The van der Waals surface area contributed by atoms with Gasteiger partial charge in [0.15, 0.2) is 0 Å². The SMILES string of the molecule is CCC(CC)(CNC(=O)CSCc1ccccc1)C(=O)O. The summed E-state index contributed by atoms with van der Waals surface area (Å²) in [6.07, 6.45) is 1.02. The first kappa shape index (κ1) is 17.6. The molecule has 21 heavy (non-hydrogen) atoms. The molecule has 0 aliphatic heterocycles. The second-order valence-corrected chi connectivity index (χ2v) is 6.03. The van der Waals surface area contributed by atoms with Gasteiger partial charge in [0, 0.05) is 12.3 Å². The highest BCUT2D eigenvalue weighted by molar-refractivity contribution is 7.99. The molecule has 0 heterocycles. The summed E-state index contributed by atoms with van der Waals surface area (Å²) in [5.74, 6) is 0.172. The molecule has 0 bridgehead atoms. The molecular formula is C16H23NO3S. The number of aliphatic carboxylic acids is 1. The summed E-state index contributed by atoms with van der Waals surface area (Å²) in [5, 5.41) is 12.1. The summed E-state index contributed by atoms with van der Waals surface area (Å²) < 4.78 is 0. The lowest BCUT2D eigenvalue weighted by Crippen LogP contribution is -2.42. The molecular weight excluding hydrogens is 286 g/mol. The number of hydrogen-bond acceptors (Lipinski definition) is 3. The van der Waals surface area contributed by atoms with Gasteiger partial charge in [-0.25, -0.2) is 0 Å². The van der Waals surface area contributed by atoms with E-state index in [-0.39, 0.29) is 12.5 Å². The molecule has 1 amide bonds. The van der Waals surface area contributed by atoms with Crippen LogP contribution in [-0.4, -0.2) is 29.3 Å². The predicted molar refractivity (Wildman–Crippen MR) is 86.3 cm³/mol. The van der Waals surface area contributed by atoms with Gasteiger partial charge in [0.05, 0.1) is 11.2 Å². The number of hydrogen-bond donors (Lipinski definition) is 2. The Hall–Kier alpha value is -1.49. The van der Waals surface area contributed by atoms with Crippen molar-refractivity contribution in [2.24, 2.45) is 5.41 Å². The van der Waals surface area contributed by atoms with Crippen LogP contribution in [0.15, 0.2) is 30.3 Å². The number of carbonyl (C=O) groups excluding carboxylic acids is 1. The third kappa shape index (κ3) is 5.42. The van der Waals surface area contributed by atoms with E-state index in [1.807, 2.05) is 44.2 Å². The topological polar surface area (TPSA) is 66.4 Å². The monoisotopic (exact) mass is 309 g/mol. The normalized spacial score (nSPS) is 11.1. The Labute approximate surface area is 130 Å². The van der Waals surface area contributed by atoms with Crippen LogP contribution in [0.1, 0.15) is 32.3 Å². The van der Waals surface area contributed by atoms with Gasteiger partial charge in [-0.1, -0.05) is 44.2 Å². The Morgan fingerprint density at radius 1 is 1.19 bits per heavy atom. The van der Waals surface area contributed by atoms with E-state index in [0.717, 1.165) is 5.75 Å². The van der Waals surface area contributed by atoms with Crippen molar-refractivity contribution in [2.75, 3.05) is 12.3 Å². The molecule has 0 atom stereocenters. The van der Waals surface area contributed by atoms with Crippen LogP contribution in [0.4, 0.5) is 0 Å². The zero-order valence-corrected chi connectivity index (χ0v) is 13.4. The van der Waals surface area contributed by atoms with Gasteiger partial charge in [0.2, 0.25) is 5.91 Å². The number of nitrogens with one attached hydrogen (secondary N) is 1. The largest absolute Gasteiger partial charge is 0.481 e. The van der Waals surface area contributed by atoms with Gasteiger partial charge in [0.25, 0.3) is 0 Å². The molecule has 1 rings (SSSR count). The summed E-state index contributed by atoms with van der Waals surface area (Å²) in [6, 6.07) is 9.95. The fraction of sp³-hybridized carbons (Fsp3) is 0.500.